The summed E-state index contributed by atoms with van der Waals surface area (Å²) in [6, 6.07) is 30.4. The molecule has 0 atom stereocenters. The topological polar surface area (TPSA) is 59.9 Å². The number of aromatic nitrogens is 3. The summed E-state index contributed by atoms with van der Waals surface area (Å²) in [4.78, 5) is 4.79. The molecule has 0 fully saturated rings. The van der Waals surface area contributed by atoms with Gasteiger partial charge in [0, 0.05) is 28.6 Å². The summed E-state index contributed by atoms with van der Waals surface area (Å²) in [5.74, 6) is 1.56. The number of anilines is 1. The van der Waals surface area contributed by atoms with Crippen molar-refractivity contribution in [1.82, 2.24) is 15.2 Å². The number of rotatable bonds is 7. The first-order valence-electron chi connectivity index (χ1n) is 10.6. The molecule has 33 heavy (non-hydrogen) atoms. The maximum absolute atomic E-state index is 5.20. The van der Waals surface area contributed by atoms with Gasteiger partial charge in [-0.1, -0.05) is 54.6 Å². The van der Waals surface area contributed by atoms with Crippen LogP contribution in [0.5, 0.6) is 5.75 Å². The van der Waals surface area contributed by atoms with E-state index < -0.39 is 0 Å². The molecule has 3 aromatic carbocycles. The number of hydrogen-bond donors (Lipinski definition) is 1. The molecular weight excluding hydrogens is 428 g/mol. The smallest absolute Gasteiger partial charge is 0.148 e. The lowest BCUT2D eigenvalue weighted by atomic mass is 10.1. The van der Waals surface area contributed by atoms with E-state index in [0.29, 0.717) is 6.54 Å². The van der Waals surface area contributed by atoms with Crippen molar-refractivity contribution in [2.24, 2.45) is 0 Å². The van der Waals surface area contributed by atoms with Gasteiger partial charge in [0.15, 0.2) is 0 Å². The Kier molecular flexibility index (Phi) is 6.08. The normalized spacial score (nSPS) is 10.7. The Morgan fingerprint density at radius 3 is 2.15 bits per heavy atom. The fourth-order valence-corrected chi connectivity index (χ4v) is 4.28. The van der Waals surface area contributed by atoms with E-state index in [9.17, 15) is 0 Å². The van der Waals surface area contributed by atoms with Crippen LogP contribution in [-0.4, -0.2) is 22.3 Å². The van der Waals surface area contributed by atoms with Gasteiger partial charge in [-0.25, -0.2) is 4.98 Å². The first kappa shape index (κ1) is 20.8. The first-order valence-corrected chi connectivity index (χ1v) is 11.5. The van der Waals surface area contributed by atoms with Crippen LogP contribution in [0, 0.1) is 0 Å². The van der Waals surface area contributed by atoms with Gasteiger partial charge in [0.05, 0.1) is 18.5 Å². The van der Waals surface area contributed by atoms with Crippen molar-refractivity contribution in [1.29, 1.82) is 0 Å². The Morgan fingerprint density at radius 2 is 1.45 bits per heavy atom. The lowest BCUT2D eigenvalue weighted by Crippen LogP contribution is -2.02. The molecule has 5 aromatic rings. The van der Waals surface area contributed by atoms with E-state index in [1.807, 2.05) is 54.6 Å². The Balaban J connectivity index is 1.21. The van der Waals surface area contributed by atoms with E-state index in [1.165, 1.54) is 5.56 Å². The highest BCUT2D eigenvalue weighted by atomic mass is 32.1. The zero-order valence-electron chi connectivity index (χ0n) is 18.1. The summed E-state index contributed by atoms with van der Waals surface area (Å²) in [6.45, 7) is 0.671. The number of benzene rings is 3. The number of methoxy groups -OCH3 is 1. The zero-order valence-corrected chi connectivity index (χ0v) is 18.9. The molecule has 0 saturated carbocycles. The Labute approximate surface area is 196 Å². The van der Waals surface area contributed by atoms with Gasteiger partial charge in [-0.15, -0.1) is 21.5 Å². The molecule has 5 nitrogen and oxygen atoms in total. The van der Waals surface area contributed by atoms with Gasteiger partial charge >= 0.3 is 0 Å². The Morgan fingerprint density at radius 1 is 0.727 bits per heavy atom. The largest absolute Gasteiger partial charge is 0.497 e. The van der Waals surface area contributed by atoms with Gasteiger partial charge < -0.3 is 10.1 Å². The third-order valence-electron chi connectivity index (χ3n) is 5.30. The molecule has 0 aliphatic carbocycles. The molecule has 5 rings (SSSR count). The van der Waals surface area contributed by atoms with Crippen LogP contribution in [0.2, 0.25) is 0 Å². The second-order valence-electron chi connectivity index (χ2n) is 7.49. The number of thiazole rings is 1. The average Bonchev–Trinajstić information content (AvgIpc) is 3.39. The molecule has 2 aromatic heterocycles. The zero-order chi connectivity index (χ0) is 22.5. The second kappa shape index (κ2) is 9.63. The molecular formula is C27H22N4OS. The van der Waals surface area contributed by atoms with Crippen LogP contribution in [0.4, 0.5) is 5.82 Å². The summed E-state index contributed by atoms with van der Waals surface area (Å²) in [7, 11) is 1.66. The minimum absolute atomic E-state index is 0.671. The van der Waals surface area contributed by atoms with Crippen LogP contribution >= 0.6 is 11.3 Å². The van der Waals surface area contributed by atoms with E-state index in [0.717, 1.165) is 44.7 Å². The fraction of sp³-hybridized carbons (Fsp3) is 0.0741. The standard InChI is InChI=1S/C27H22N4OS/c1-32-23-13-11-21(12-14-23)24-15-16-26(31-30-24)28-17-19-7-9-22(10-8-19)27-29-25(18-33-27)20-5-3-2-4-6-20/h2-16,18H,17H2,1H3,(H,28,31). The van der Waals surface area contributed by atoms with Crippen LogP contribution in [-0.2, 0) is 6.54 Å². The number of nitrogens with one attached hydrogen (secondary N) is 1. The van der Waals surface area contributed by atoms with Crippen LogP contribution in [0.1, 0.15) is 5.56 Å². The highest BCUT2D eigenvalue weighted by Gasteiger charge is 2.07. The van der Waals surface area contributed by atoms with Crippen LogP contribution < -0.4 is 10.1 Å². The number of nitrogens with zero attached hydrogens (tertiary/aromatic N) is 3. The molecule has 162 valence electrons. The molecule has 0 saturated heterocycles. The van der Waals surface area contributed by atoms with Gasteiger partial charge in [0.1, 0.15) is 16.6 Å². The van der Waals surface area contributed by atoms with Gasteiger partial charge in [-0.05, 0) is 42.0 Å². The SMILES string of the molecule is COc1ccc(-c2ccc(NCc3ccc(-c4nc(-c5ccccc5)cs4)cc3)nn2)cc1. The molecule has 6 heteroatoms. The van der Waals surface area contributed by atoms with E-state index in [1.54, 1.807) is 18.4 Å². The minimum atomic E-state index is 0.671. The minimum Gasteiger partial charge on any atom is -0.497 e. The molecule has 0 radical (unpaired) electrons. The van der Waals surface area contributed by atoms with Crippen molar-refractivity contribution < 1.29 is 4.74 Å². The van der Waals surface area contributed by atoms with Gasteiger partial charge in [-0.3, -0.25) is 0 Å². The predicted molar refractivity (Wildman–Crippen MR) is 134 cm³/mol. The van der Waals surface area contributed by atoms with Crippen molar-refractivity contribution in [2.75, 3.05) is 12.4 Å². The highest BCUT2D eigenvalue weighted by Crippen LogP contribution is 2.29. The van der Waals surface area contributed by atoms with Crippen LogP contribution in [0.15, 0.2) is 96.4 Å². The summed E-state index contributed by atoms with van der Waals surface area (Å²) < 4.78 is 5.20. The van der Waals surface area contributed by atoms with Gasteiger partial charge in [0.2, 0.25) is 0 Å². The maximum atomic E-state index is 5.20. The average molecular weight is 451 g/mol. The third kappa shape index (κ3) is 4.91. The molecule has 0 amide bonds. The summed E-state index contributed by atoms with van der Waals surface area (Å²) in [6.07, 6.45) is 0. The van der Waals surface area contributed by atoms with Gasteiger partial charge in [0.25, 0.3) is 0 Å². The summed E-state index contributed by atoms with van der Waals surface area (Å²) in [5.41, 5.74) is 6.26. The van der Waals surface area contributed by atoms with E-state index >= 15 is 0 Å². The van der Waals surface area contributed by atoms with E-state index in [4.69, 9.17) is 9.72 Å². The fourth-order valence-electron chi connectivity index (χ4n) is 3.45. The van der Waals surface area contributed by atoms with E-state index in [2.05, 4.69) is 57.3 Å². The lowest BCUT2D eigenvalue weighted by molar-refractivity contribution is 0.415. The van der Waals surface area contributed by atoms with Crippen molar-refractivity contribution in [2.45, 2.75) is 6.54 Å². The Bertz CT molecular complexity index is 1320. The highest BCUT2D eigenvalue weighted by molar-refractivity contribution is 7.13. The van der Waals surface area contributed by atoms with E-state index in [-0.39, 0.29) is 0 Å². The van der Waals surface area contributed by atoms with Crippen molar-refractivity contribution >= 4 is 17.2 Å². The molecule has 0 aliphatic heterocycles. The number of ether oxygens (including phenoxy) is 1. The predicted octanol–water partition coefficient (Wildman–Crippen LogP) is 6.55. The summed E-state index contributed by atoms with van der Waals surface area (Å²) in [5, 5.41) is 15.1. The van der Waals surface area contributed by atoms with Gasteiger partial charge in [-0.2, -0.15) is 0 Å². The summed E-state index contributed by atoms with van der Waals surface area (Å²) >= 11 is 1.66. The Hall–Kier alpha value is -4.03. The first-order chi connectivity index (χ1) is 16.3. The molecule has 1 N–H and O–H groups in total. The lowest BCUT2D eigenvalue weighted by Gasteiger charge is -2.07. The van der Waals surface area contributed by atoms with Crippen LogP contribution in [0.3, 0.4) is 0 Å². The molecule has 0 aliphatic rings. The van der Waals surface area contributed by atoms with Crippen molar-refractivity contribution in [3.63, 3.8) is 0 Å². The maximum Gasteiger partial charge on any atom is 0.148 e. The quantitative estimate of drug-likeness (QED) is 0.304. The number of hydrogen-bond acceptors (Lipinski definition) is 6. The van der Waals surface area contributed by atoms with Crippen molar-refractivity contribution in [3.8, 4) is 38.8 Å². The molecule has 0 bridgehead atoms. The molecule has 0 unspecified atom stereocenters. The third-order valence-corrected chi connectivity index (χ3v) is 6.19. The monoisotopic (exact) mass is 450 g/mol. The molecule has 0 spiro atoms. The second-order valence-corrected chi connectivity index (χ2v) is 8.34. The van der Waals surface area contributed by atoms with Crippen molar-refractivity contribution in [3.05, 3.63) is 102 Å². The van der Waals surface area contributed by atoms with Crippen LogP contribution in [0.25, 0.3) is 33.1 Å². The molecule has 2 heterocycles.